The highest BCUT2D eigenvalue weighted by Gasteiger charge is 2.09. The topological polar surface area (TPSA) is 66.9 Å². The highest BCUT2D eigenvalue weighted by atomic mass is 16.1. The summed E-state index contributed by atoms with van der Waals surface area (Å²) in [5.41, 5.74) is 2.40. The van der Waals surface area contributed by atoms with Crippen molar-refractivity contribution in [2.45, 2.75) is 39.5 Å². The Hall–Kier alpha value is -2.43. The molecule has 1 amide bonds. The summed E-state index contributed by atoms with van der Waals surface area (Å²) in [5.74, 6) is 0.370. The van der Waals surface area contributed by atoms with Crippen molar-refractivity contribution < 1.29 is 4.79 Å². The number of carbonyl (C=O) groups is 1. The number of benzene rings is 1. The molecular weight excluding hydrogens is 288 g/mol. The number of amides is 1. The molecule has 1 aromatic heterocycles. The van der Waals surface area contributed by atoms with Gasteiger partial charge in [-0.1, -0.05) is 44.9 Å². The van der Waals surface area contributed by atoms with Crippen molar-refractivity contribution in [1.29, 1.82) is 0 Å². The van der Waals surface area contributed by atoms with E-state index in [9.17, 15) is 4.79 Å². The summed E-state index contributed by atoms with van der Waals surface area (Å²) in [4.78, 5) is 20.7. The highest BCUT2D eigenvalue weighted by Crippen LogP contribution is 2.16. The van der Waals surface area contributed by atoms with Gasteiger partial charge in [0.15, 0.2) is 0 Å². The summed E-state index contributed by atoms with van der Waals surface area (Å²) < 4.78 is 0. The van der Waals surface area contributed by atoms with Crippen LogP contribution in [0.2, 0.25) is 0 Å². The molecule has 0 bridgehead atoms. The zero-order valence-corrected chi connectivity index (χ0v) is 13.8. The molecule has 2 aromatic rings. The van der Waals surface area contributed by atoms with E-state index in [2.05, 4.69) is 34.4 Å². The Morgan fingerprint density at radius 2 is 1.83 bits per heavy atom. The lowest BCUT2D eigenvalue weighted by Gasteiger charge is -2.09. The van der Waals surface area contributed by atoms with Crippen molar-refractivity contribution in [1.82, 2.24) is 9.97 Å². The molecule has 0 saturated carbocycles. The van der Waals surface area contributed by atoms with Crippen LogP contribution in [-0.2, 0) is 6.42 Å². The number of anilines is 2. The first-order valence-electron chi connectivity index (χ1n) is 8.19. The van der Waals surface area contributed by atoms with Crippen LogP contribution >= 0.6 is 0 Å². The standard InChI is InChI=1S/C18H24N4O/c1-3-5-8-11-19-18-20-12-15(13-21-18)17(23)22-16-10-7-6-9-14(16)4-2/h6-7,9-10,12-13H,3-5,8,11H2,1-2H3,(H,22,23)(H,19,20,21). The van der Waals surface area contributed by atoms with Crippen LogP contribution in [-0.4, -0.2) is 22.4 Å². The predicted octanol–water partition coefficient (Wildman–Crippen LogP) is 3.89. The van der Waals surface area contributed by atoms with Crippen LogP contribution in [0.4, 0.5) is 11.6 Å². The third-order valence-electron chi connectivity index (χ3n) is 3.62. The molecule has 0 unspecified atom stereocenters. The fraction of sp³-hybridized carbons (Fsp3) is 0.389. The Morgan fingerprint density at radius 1 is 1.09 bits per heavy atom. The fourth-order valence-electron chi connectivity index (χ4n) is 2.26. The number of aryl methyl sites for hydroxylation is 1. The Bertz CT molecular complexity index is 625. The van der Waals surface area contributed by atoms with Crippen LogP contribution in [0.25, 0.3) is 0 Å². The van der Waals surface area contributed by atoms with E-state index in [1.807, 2.05) is 24.3 Å². The molecule has 0 saturated heterocycles. The van der Waals surface area contributed by atoms with Gasteiger partial charge in [-0.15, -0.1) is 0 Å². The molecule has 0 atom stereocenters. The van der Waals surface area contributed by atoms with Crippen molar-refractivity contribution in [3.05, 3.63) is 47.8 Å². The van der Waals surface area contributed by atoms with Crippen molar-refractivity contribution in [3.63, 3.8) is 0 Å². The molecule has 23 heavy (non-hydrogen) atoms. The van der Waals surface area contributed by atoms with E-state index in [0.717, 1.165) is 30.6 Å². The van der Waals surface area contributed by atoms with Gasteiger partial charge in [0, 0.05) is 24.6 Å². The monoisotopic (exact) mass is 312 g/mol. The van der Waals surface area contributed by atoms with Gasteiger partial charge >= 0.3 is 0 Å². The summed E-state index contributed by atoms with van der Waals surface area (Å²) >= 11 is 0. The van der Waals surface area contributed by atoms with E-state index in [0.29, 0.717) is 11.5 Å². The minimum Gasteiger partial charge on any atom is -0.354 e. The number of unbranched alkanes of at least 4 members (excludes halogenated alkanes) is 2. The van der Waals surface area contributed by atoms with Crippen molar-refractivity contribution in [2.75, 3.05) is 17.2 Å². The Kier molecular flexibility index (Phi) is 6.54. The average Bonchev–Trinajstić information content (AvgIpc) is 2.59. The molecule has 0 fully saturated rings. The van der Waals surface area contributed by atoms with E-state index >= 15 is 0 Å². The second kappa shape index (κ2) is 8.88. The Morgan fingerprint density at radius 3 is 2.52 bits per heavy atom. The quantitative estimate of drug-likeness (QED) is 0.726. The number of carbonyl (C=O) groups excluding carboxylic acids is 1. The SMILES string of the molecule is CCCCCNc1ncc(C(=O)Nc2ccccc2CC)cn1. The van der Waals surface area contributed by atoms with Crippen LogP contribution in [0.3, 0.4) is 0 Å². The largest absolute Gasteiger partial charge is 0.354 e. The van der Waals surface area contributed by atoms with Crippen LogP contribution in [0.5, 0.6) is 0 Å². The average molecular weight is 312 g/mol. The van der Waals surface area contributed by atoms with E-state index in [-0.39, 0.29) is 5.91 Å². The number of hydrogen-bond acceptors (Lipinski definition) is 4. The molecule has 0 aliphatic carbocycles. The molecular formula is C18H24N4O. The second-order valence-corrected chi connectivity index (χ2v) is 5.39. The van der Waals surface area contributed by atoms with Gasteiger partial charge in [0.2, 0.25) is 5.95 Å². The van der Waals surface area contributed by atoms with Crippen LogP contribution in [0.15, 0.2) is 36.7 Å². The zero-order chi connectivity index (χ0) is 16.5. The summed E-state index contributed by atoms with van der Waals surface area (Å²) in [5, 5.41) is 6.08. The Balaban J connectivity index is 1.94. The van der Waals surface area contributed by atoms with Gasteiger partial charge in [-0.2, -0.15) is 0 Å². The summed E-state index contributed by atoms with van der Waals surface area (Å²) in [7, 11) is 0. The smallest absolute Gasteiger partial charge is 0.258 e. The molecule has 5 nitrogen and oxygen atoms in total. The zero-order valence-electron chi connectivity index (χ0n) is 13.8. The number of rotatable bonds is 8. The molecule has 5 heteroatoms. The maximum absolute atomic E-state index is 12.3. The van der Waals surface area contributed by atoms with E-state index in [1.54, 1.807) is 12.4 Å². The van der Waals surface area contributed by atoms with Crippen LogP contribution in [0, 0.1) is 0 Å². The summed E-state index contributed by atoms with van der Waals surface area (Å²) in [6, 6.07) is 7.79. The number of hydrogen-bond donors (Lipinski definition) is 2. The van der Waals surface area contributed by atoms with Crippen molar-refractivity contribution in [3.8, 4) is 0 Å². The Labute approximate surface area is 137 Å². The molecule has 0 radical (unpaired) electrons. The van der Waals surface area contributed by atoms with E-state index in [4.69, 9.17) is 0 Å². The van der Waals surface area contributed by atoms with Gasteiger partial charge in [-0.3, -0.25) is 4.79 Å². The summed E-state index contributed by atoms with van der Waals surface area (Å²) in [6.45, 7) is 5.08. The maximum Gasteiger partial charge on any atom is 0.258 e. The first kappa shape index (κ1) is 16.9. The molecule has 0 aliphatic heterocycles. The minimum absolute atomic E-state index is 0.191. The van der Waals surface area contributed by atoms with Gasteiger partial charge in [0.1, 0.15) is 0 Å². The van der Waals surface area contributed by atoms with Gasteiger partial charge in [-0.05, 0) is 24.5 Å². The first-order chi connectivity index (χ1) is 11.2. The number of nitrogens with zero attached hydrogens (tertiary/aromatic N) is 2. The number of aromatic nitrogens is 2. The molecule has 122 valence electrons. The predicted molar refractivity (Wildman–Crippen MR) is 93.8 cm³/mol. The maximum atomic E-state index is 12.3. The van der Waals surface area contributed by atoms with Crippen molar-refractivity contribution >= 4 is 17.5 Å². The van der Waals surface area contributed by atoms with Gasteiger partial charge in [-0.25, -0.2) is 9.97 Å². The van der Waals surface area contributed by atoms with E-state index in [1.165, 1.54) is 12.8 Å². The molecule has 1 aromatic carbocycles. The van der Waals surface area contributed by atoms with E-state index < -0.39 is 0 Å². The molecule has 2 rings (SSSR count). The lowest BCUT2D eigenvalue weighted by atomic mass is 10.1. The minimum atomic E-state index is -0.191. The molecule has 2 N–H and O–H groups in total. The van der Waals surface area contributed by atoms with Gasteiger partial charge in [0.25, 0.3) is 5.91 Å². The van der Waals surface area contributed by atoms with Crippen LogP contribution in [0.1, 0.15) is 49.0 Å². The van der Waals surface area contributed by atoms with Gasteiger partial charge in [0.05, 0.1) is 5.56 Å². The van der Waals surface area contributed by atoms with Crippen molar-refractivity contribution in [2.24, 2.45) is 0 Å². The molecule has 1 heterocycles. The lowest BCUT2D eigenvalue weighted by Crippen LogP contribution is -2.14. The first-order valence-corrected chi connectivity index (χ1v) is 8.19. The highest BCUT2D eigenvalue weighted by molar-refractivity contribution is 6.04. The fourth-order valence-corrected chi connectivity index (χ4v) is 2.26. The third-order valence-corrected chi connectivity index (χ3v) is 3.62. The normalized spacial score (nSPS) is 10.3. The molecule has 0 aliphatic rings. The third kappa shape index (κ3) is 5.06. The van der Waals surface area contributed by atoms with Crippen LogP contribution < -0.4 is 10.6 Å². The number of para-hydroxylation sites is 1. The molecule has 0 spiro atoms. The lowest BCUT2D eigenvalue weighted by molar-refractivity contribution is 0.102. The second-order valence-electron chi connectivity index (χ2n) is 5.39. The van der Waals surface area contributed by atoms with Gasteiger partial charge < -0.3 is 10.6 Å². The number of nitrogens with one attached hydrogen (secondary N) is 2. The summed E-state index contributed by atoms with van der Waals surface area (Å²) in [6.07, 6.45) is 7.44.